The molecule has 4 heteroatoms. The van der Waals surface area contributed by atoms with Gasteiger partial charge in [0.05, 0.1) is 12.6 Å². The topological polar surface area (TPSA) is 29.5 Å². The van der Waals surface area contributed by atoms with E-state index in [0.29, 0.717) is 6.61 Å². The molecule has 2 aliphatic heterocycles. The number of ether oxygens (including phenoxy) is 1. The molecule has 0 aliphatic carbocycles. The molecule has 0 spiro atoms. The van der Waals surface area contributed by atoms with Crippen molar-refractivity contribution in [2.24, 2.45) is 0 Å². The maximum Gasteiger partial charge on any atom is 0.253 e. The van der Waals surface area contributed by atoms with Gasteiger partial charge in [-0.25, -0.2) is 0 Å². The molecule has 17 heavy (non-hydrogen) atoms. The lowest BCUT2D eigenvalue weighted by Crippen LogP contribution is -2.32. The van der Waals surface area contributed by atoms with Crippen LogP contribution < -0.4 is 0 Å². The number of halogens is 1. The lowest BCUT2D eigenvalue weighted by Gasteiger charge is -2.23. The molecule has 0 bridgehead atoms. The zero-order chi connectivity index (χ0) is 12.0. The average Bonchev–Trinajstić information content (AvgIpc) is 2.88. The molecule has 1 amide bonds. The Bertz CT molecular complexity index is 497. The number of carbonyl (C=O) groups is 1. The second-order valence-electron chi connectivity index (χ2n) is 4.30. The first-order valence-electron chi connectivity index (χ1n) is 5.55. The van der Waals surface area contributed by atoms with Crippen LogP contribution in [-0.4, -0.2) is 23.5 Å². The summed E-state index contributed by atoms with van der Waals surface area (Å²) in [4.78, 5) is 14.0. The normalized spacial score (nSPS) is 27.9. The van der Waals surface area contributed by atoms with E-state index in [-0.39, 0.29) is 18.2 Å². The van der Waals surface area contributed by atoms with Crippen molar-refractivity contribution in [1.29, 1.82) is 0 Å². The molecule has 2 unspecified atom stereocenters. The molecule has 1 aromatic carbocycles. The van der Waals surface area contributed by atoms with E-state index >= 15 is 0 Å². The van der Waals surface area contributed by atoms with E-state index in [4.69, 9.17) is 4.74 Å². The van der Waals surface area contributed by atoms with Crippen molar-refractivity contribution in [1.82, 2.24) is 4.90 Å². The zero-order valence-corrected chi connectivity index (χ0v) is 11.0. The van der Waals surface area contributed by atoms with Crippen LogP contribution in [-0.2, 0) is 9.53 Å². The predicted octanol–water partition coefficient (Wildman–Crippen LogP) is 2.60. The number of hydrogen-bond acceptors (Lipinski definition) is 2. The first-order valence-corrected chi connectivity index (χ1v) is 6.35. The van der Waals surface area contributed by atoms with Gasteiger partial charge in [-0.15, -0.1) is 0 Å². The second kappa shape index (κ2) is 3.96. The summed E-state index contributed by atoms with van der Waals surface area (Å²) in [5.41, 5.74) is 1.82. The Kier molecular flexibility index (Phi) is 2.56. The van der Waals surface area contributed by atoms with Crippen LogP contribution in [0.5, 0.6) is 0 Å². The highest BCUT2D eigenvalue weighted by Crippen LogP contribution is 2.41. The molecule has 0 N–H and O–H groups in total. The molecule has 2 heterocycles. The van der Waals surface area contributed by atoms with Gasteiger partial charge in [0.15, 0.2) is 6.23 Å². The van der Waals surface area contributed by atoms with Crippen molar-refractivity contribution in [3.8, 4) is 0 Å². The molecule has 2 atom stereocenters. The van der Waals surface area contributed by atoms with Crippen molar-refractivity contribution >= 4 is 21.8 Å². The third-order valence-corrected chi connectivity index (χ3v) is 4.41. The molecule has 0 radical (unpaired) electrons. The molecule has 1 saturated heterocycles. The second-order valence-corrected chi connectivity index (χ2v) is 5.15. The van der Waals surface area contributed by atoms with Crippen molar-refractivity contribution in [3.63, 3.8) is 0 Å². The van der Waals surface area contributed by atoms with Crippen LogP contribution in [0, 0.1) is 0 Å². The Labute approximate surface area is 108 Å². The Morgan fingerprint density at radius 2 is 2.06 bits per heavy atom. The van der Waals surface area contributed by atoms with Gasteiger partial charge in [-0.2, -0.15) is 0 Å². The summed E-state index contributed by atoms with van der Waals surface area (Å²) in [6.07, 6.45) is -0.251. The van der Waals surface area contributed by atoms with Gasteiger partial charge in [-0.3, -0.25) is 9.69 Å². The van der Waals surface area contributed by atoms with Gasteiger partial charge in [-0.1, -0.05) is 46.3 Å². The Hall–Kier alpha value is -1.13. The van der Waals surface area contributed by atoms with E-state index in [2.05, 4.69) is 15.9 Å². The molecule has 1 fully saturated rings. The summed E-state index contributed by atoms with van der Waals surface area (Å²) in [5, 5.41) is 0. The largest absolute Gasteiger partial charge is 0.351 e. The summed E-state index contributed by atoms with van der Waals surface area (Å²) in [7, 11) is 0. The fraction of sp³-hybridized carbons (Fsp3) is 0.308. The Morgan fingerprint density at radius 1 is 1.35 bits per heavy atom. The summed E-state index contributed by atoms with van der Waals surface area (Å²) in [6, 6.07) is 9.90. The van der Waals surface area contributed by atoms with E-state index < -0.39 is 0 Å². The highest BCUT2D eigenvalue weighted by Gasteiger charge is 2.46. The Morgan fingerprint density at radius 3 is 2.76 bits per heavy atom. The van der Waals surface area contributed by atoms with Gasteiger partial charge < -0.3 is 4.74 Å². The van der Waals surface area contributed by atoms with Crippen LogP contribution >= 0.6 is 15.9 Å². The smallest absolute Gasteiger partial charge is 0.253 e. The van der Waals surface area contributed by atoms with Crippen molar-refractivity contribution < 1.29 is 9.53 Å². The summed E-state index contributed by atoms with van der Waals surface area (Å²) in [6.45, 7) is 2.41. The predicted molar refractivity (Wildman–Crippen MR) is 67.4 cm³/mol. The van der Waals surface area contributed by atoms with Gasteiger partial charge in [0.2, 0.25) is 0 Å². The number of hydrogen-bond donors (Lipinski definition) is 0. The van der Waals surface area contributed by atoms with Crippen molar-refractivity contribution in [2.75, 3.05) is 6.61 Å². The molecular formula is C13H12BrNO2. The molecule has 0 aromatic heterocycles. The quantitative estimate of drug-likeness (QED) is 0.797. The fourth-order valence-electron chi connectivity index (χ4n) is 2.37. The number of nitrogens with zero attached hydrogens (tertiary/aromatic N) is 1. The monoisotopic (exact) mass is 293 g/mol. The molecule has 0 saturated carbocycles. The minimum absolute atomic E-state index is 0.0488. The number of amides is 1. The van der Waals surface area contributed by atoms with E-state index in [9.17, 15) is 4.79 Å². The van der Waals surface area contributed by atoms with Crippen LogP contribution in [0.15, 0.2) is 40.4 Å². The van der Waals surface area contributed by atoms with Crippen LogP contribution in [0.25, 0.3) is 0 Å². The van der Waals surface area contributed by atoms with Crippen LogP contribution in [0.3, 0.4) is 0 Å². The highest BCUT2D eigenvalue weighted by molar-refractivity contribution is 9.11. The third-order valence-electron chi connectivity index (χ3n) is 3.29. The SMILES string of the molecule is CC1=C(Br)C2COC(c3ccccc3)N2C1=O. The lowest BCUT2D eigenvalue weighted by atomic mass is 10.2. The van der Waals surface area contributed by atoms with E-state index in [1.807, 2.05) is 42.2 Å². The third kappa shape index (κ3) is 1.55. The van der Waals surface area contributed by atoms with Gasteiger partial charge in [-0.05, 0) is 6.92 Å². The minimum Gasteiger partial charge on any atom is -0.351 e. The van der Waals surface area contributed by atoms with Gasteiger partial charge in [0, 0.05) is 15.6 Å². The number of benzene rings is 1. The van der Waals surface area contributed by atoms with E-state index in [1.165, 1.54) is 0 Å². The van der Waals surface area contributed by atoms with Crippen molar-refractivity contribution in [3.05, 3.63) is 46.0 Å². The van der Waals surface area contributed by atoms with Gasteiger partial charge in [0.1, 0.15) is 0 Å². The van der Waals surface area contributed by atoms with Crippen molar-refractivity contribution in [2.45, 2.75) is 19.2 Å². The van der Waals surface area contributed by atoms with Crippen LogP contribution in [0.2, 0.25) is 0 Å². The number of carbonyl (C=O) groups excluding carboxylic acids is 1. The highest BCUT2D eigenvalue weighted by atomic mass is 79.9. The Balaban J connectivity index is 1.96. The standard InChI is InChI=1S/C13H12BrNO2/c1-8-11(14)10-7-17-13(15(10)12(8)16)9-5-3-2-4-6-9/h2-6,10,13H,7H2,1H3. The molecule has 88 valence electrons. The maximum atomic E-state index is 12.1. The summed E-state index contributed by atoms with van der Waals surface area (Å²) in [5.74, 6) is 0.0632. The fourth-order valence-corrected chi connectivity index (χ4v) is 2.89. The molecule has 3 nitrogen and oxygen atoms in total. The van der Waals surface area contributed by atoms with Crippen LogP contribution in [0.4, 0.5) is 0 Å². The average molecular weight is 294 g/mol. The summed E-state index contributed by atoms with van der Waals surface area (Å²) < 4.78 is 6.70. The first kappa shape index (κ1) is 11.0. The van der Waals surface area contributed by atoms with Gasteiger partial charge >= 0.3 is 0 Å². The number of fused-ring (bicyclic) bond motifs is 1. The first-order chi connectivity index (χ1) is 8.20. The minimum atomic E-state index is -0.251. The molecule has 2 aliphatic rings. The molecule has 1 aromatic rings. The molecule has 3 rings (SSSR count). The van der Waals surface area contributed by atoms with E-state index in [0.717, 1.165) is 15.6 Å². The number of rotatable bonds is 1. The molecular weight excluding hydrogens is 282 g/mol. The van der Waals surface area contributed by atoms with Crippen LogP contribution in [0.1, 0.15) is 18.7 Å². The zero-order valence-electron chi connectivity index (χ0n) is 9.39. The van der Waals surface area contributed by atoms with Gasteiger partial charge in [0.25, 0.3) is 5.91 Å². The van der Waals surface area contributed by atoms with E-state index in [1.54, 1.807) is 0 Å². The lowest BCUT2D eigenvalue weighted by molar-refractivity contribution is -0.131. The summed E-state index contributed by atoms with van der Waals surface area (Å²) >= 11 is 3.49. The maximum absolute atomic E-state index is 12.1.